The van der Waals surface area contributed by atoms with Crippen LogP contribution in [0.4, 0.5) is 13.2 Å². The molecule has 0 amide bonds. The van der Waals surface area contributed by atoms with Gasteiger partial charge in [0, 0.05) is 0 Å². The Labute approximate surface area is 95.6 Å². The van der Waals surface area contributed by atoms with Gasteiger partial charge in [-0.15, -0.1) is 0 Å². The Morgan fingerprint density at radius 2 is 1.47 bits per heavy atom. The van der Waals surface area contributed by atoms with Crippen molar-refractivity contribution in [1.29, 1.82) is 0 Å². The summed E-state index contributed by atoms with van der Waals surface area (Å²) in [5.74, 6) is 0. The smallest absolute Gasteiger partial charge is 0.169 e. The molecule has 0 heterocycles. The van der Waals surface area contributed by atoms with E-state index in [2.05, 4.69) is 15.9 Å². The van der Waals surface area contributed by atoms with E-state index in [1.165, 1.54) is 0 Å². The number of aryl methyl sites for hydroxylation is 3. The summed E-state index contributed by atoms with van der Waals surface area (Å²) in [6.07, 6.45) is -4.25. The predicted molar refractivity (Wildman–Crippen MR) is 58.4 cm³/mol. The molecule has 0 aliphatic rings. The van der Waals surface area contributed by atoms with Crippen LogP contribution < -0.4 is 0 Å². The summed E-state index contributed by atoms with van der Waals surface area (Å²) < 4.78 is 37.6. The van der Waals surface area contributed by atoms with E-state index in [4.69, 9.17) is 0 Å². The Bertz CT molecular complexity index is 346. The standard InChI is InChI=1S/C11H12BrF3/c1-6-4-7(2)9(8(3)5-6)10(12)11(13,14)15/h4-5,10H,1-3H3. The fourth-order valence-electron chi connectivity index (χ4n) is 1.75. The number of hydrogen-bond acceptors (Lipinski definition) is 0. The third kappa shape index (κ3) is 2.74. The van der Waals surface area contributed by atoms with Crippen LogP contribution in [0.2, 0.25) is 0 Å². The average Bonchev–Trinajstić information content (AvgIpc) is 1.99. The molecule has 0 saturated carbocycles. The predicted octanol–water partition coefficient (Wildman–Crippen LogP) is 4.61. The van der Waals surface area contributed by atoms with Gasteiger partial charge in [0.1, 0.15) is 4.83 Å². The quantitative estimate of drug-likeness (QED) is 0.659. The van der Waals surface area contributed by atoms with Crippen molar-refractivity contribution in [3.8, 4) is 0 Å². The van der Waals surface area contributed by atoms with Crippen LogP contribution in [0.15, 0.2) is 12.1 Å². The number of hydrogen-bond donors (Lipinski definition) is 0. The molecule has 0 aliphatic carbocycles. The molecule has 0 nitrogen and oxygen atoms in total. The zero-order valence-electron chi connectivity index (χ0n) is 8.74. The van der Waals surface area contributed by atoms with Crippen LogP contribution in [-0.4, -0.2) is 6.18 Å². The molecule has 0 saturated heterocycles. The van der Waals surface area contributed by atoms with Crippen molar-refractivity contribution in [3.05, 3.63) is 34.4 Å². The zero-order chi connectivity index (χ0) is 11.8. The molecule has 84 valence electrons. The molecule has 4 heteroatoms. The van der Waals surface area contributed by atoms with Crippen LogP contribution >= 0.6 is 15.9 Å². The second-order valence-corrected chi connectivity index (χ2v) is 4.63. The molecule has 1 rings (SSSR count). The van der Waals surface area contributed by atoms with Gasteiger partial charge < -0.3 is 0 Å². The third-order valence-electron chi connectivity index (χ3n) is 2.28. The number of benzene rings is 1. The second-order valence-electron chi connectivity index (χ2n) is 3.72. The Kier molecular flexibility index (Phi) is 3.48. The molecule has 0 N–H and O–H groups in total. The van der Waals surface area contributed by atoms with Crippen molar-refractivity contribution in [2.45, 2.75) is 31.8 Å². The minimum Gasteiger partial charge on any atom is -0.169 e. The monoisotopic (exact) mass is 280 g/mol. The summed E-state index contributed by atoms with van der Waals surface area (Å²) in [5, 5.41) is 0. The SMILES string of the molecule is Cc1cc(C)c(C(Br)C(F)(F)F)c(C)c1. The lowest BCUT2D eigenvalue weighted by Crippen LogP contribution is -2.17. The van der Waals surface area contributed by atoms with Gasteiger partial charge in [-0.3, -0.25) is 0 Å². The molecule has 1 aromatic carbocycles. The average molecular weight is 281 g/mol. The molecule has 1 aromatic rings. The number of halogens is 4. The highest BCUT2D eigenvalue weighted by Gasteiger charge is 2.40. The van der Waals surface area contributed by atoms with E-state index in [9.17, 15) is 13.2 Å². The molecule has 0 spiro atoms. The lowest BCUT2D eigenvalue weighted by Gasteiger charge is -2.19. The maximum absolute atomic E-state index is 12.5. The molecular formula is C11H12BrF3. The van der Waals surface area contributed by atoms with E-state index in [0.717, 1.165) is 5.56 Å². The van der Waals surface area contributed by atoms with Crippen LogP contribution in [-0.2, 0) is 0 Å². The Hall–Kier alpha value is -0.510. The molecule has 1 unspecified atom stereocenters. The lowest BCUT2D eigenvalue weighted by atomic mass is 9.97. The van der Waals surface area contributed by atoms with Gasteiger partial charge >= 0.3 is 6.18 Å². The van der Waals surface area contributed by atoms with Crippen molar-refractivity contribution in [3.63, 3.8) is 0 Å². The first-order chi connectivity index (χ1) is 6.73. The van der Waals surface area contributed by atoms with Crippen molar-refractivity contribution in [2.75, 3.05) is 0 Å². The molecule has 0 radical (unpaired) electrons. The molecule has 0 aliphatic heterocycles. The highest BCUT2D eigenvalue weighted by atomic mass is 79.9. The largest absolute Gasteiger partial charge is 0.405 e. The van der Waals surface area contributed by atoms with Crippen LogP contribution in [0.3, 0.4) is 0 Å². The maximum Gasteiger partial charge on any atom is 0.405 e. The first-order valence-corrected chi connectivity index (χ1v) is 5.43. The number of alkyl halides is 4. The Balaban J connectivity index is 3.26. The Morgan fingerprint density at radius 1 is 1.07 bits per heavy atom. The molecule has 1 atom stereocenters. The fourth-order valence-corrected chi connectivity index (χ4v) is 2.48. The normalized spacial score (nSPS) is 14.1. The van der Waals surface area contributed by atoms with Crippen LogP contribution in [0.25, 0.3) is 0 Å². The van der Waals surface area contributed by atoms with Gasteiger partial charge in [0.15, 0.2) is 0 Å². The third-order valence-corrected chi connectivity index (χ3v) is 3.26. The van der Waals surface area contributed by atoms with Crippen LogP contribution in [0.1, 0.15) is 27.1 Å². The number of rotatable bonds is 1. The topological polar surface area (TPSA) is 0 Å². The zero-order valence-corrected chi connectivity index (χ0v) is 10.3. The van der Waals surface area contributed by atoms with E-state index >= 15 is 0 Å². The van der Waals surface area contributed by atoms with E-state index in [1.54, 1.807) is 26.0 Å². The highest BCUT2D eigenvalue weighted by molar-refractivity contribution is 9.09. The minimum absolute atomic E-state index is 0.327. The molecule has 15 heavy (non-hydrogen) atoms. The fraction of sp³-hybridized carbons (Fsp3) is 0.455. The van der Waals surface area contributed by atoms with Crippen molar-refractivity contribution in [1.82, 2.24) is 0 Å². The van der Waals surface area contributed by atoms with Gasteiger partial charge in [-0.1, -0.05) is 33.6 Å². The highest BCUT2D eigenvalue weighted by Crippen LogP contribution is 2.42. The molecular weight excluding hydrogens is 269 g/mol. The maximum atomic E-state index is 12.5. The summed E-state index contributed by atoms with van der Waals surface area (Å²) in [7, 11) is 0. The first kappa shape index (κ1) is 12.6. The van der Waals surface area contributed by atoms with Gasteiger partial charge in [0.05, 0.1) is 0 Å². The van der Waals surface area contributed by atoms with Gasteiger partial charge in [-0.05, 0) is 37.5 Å². The lowest BCUT2D eigenvalue weighted by molar-refractivity contribution is -0.128. The minimum atomic E-state index is -4.25. The molecule has 0 aromatic heterocycles. The van der Waals surface area contributed by atoms with Gasteiger partial charge in [-0.25, -0.2) is 0 Å². The van der Waals surface area contributed by atoms with Crippen LogP contribution in [0.5, 0.6) is 0 Å². The van der Waals surface area contributed by atoms with Crippen molar-refractivity contribution >= 4 is 15.9 Å². The van der Waals surface area contributed by atoms with Crippen molar-refractivity contribution in [2.24, 2.45) is 0 Å². The first-order valence-electron chi connectivity index (χ1n) is 4.52. The Morgan fingerprint density at radius 3 is 1.80 bits per heavy atom. The van der Waals surface area contributed by atoms with Crippen molar-refractivity contribution < 1.29 is 13.2 Å². The van der Waals surface area contributed by atoms with E-state index in [1.807, 2.05) is 6.92 Å². The van der Waals surface area contributed by atoms with E-state index in [0.29, 0.717) is 16.7 Å². The molecule has 0 fully saturated rings. The van der Waals surface area contributed by atoms with Gasteiger partial charge in [0.2, 0.25) is 0 Å². The van der Waals surface area contributed by atoms with E-state index < -0.39 is 11.0 Å². The molecule has 0 bridgehead atoms. The van der Waals surface area contributed by atoms with E-state index in [-0.39, 0.29) is 0 Å². The van der Waals surface area contributed by atoms with Gasteiger partial charge in [-0.2, -0.15) is 13.2 Å². The second kappa shape index (κ2) is 4.16. The summed E-state index contributed by atoms with van der Waals surface area (Å²) in [6, 6.07) is 3.53. The summed E-state index contributed by atoms with van der Waals surface area (Å²) in [5.41, 5.74) is 2.65. The van der Waals surface area contributed by atoms with Crippen LogP contribution in [0, 0.1) is 20.8 Å². The van der Waals surface area contributed by atoms with Gasteiger partial charge in [0.25, 0.3) is 0 Å². The summed E-state index contributed by atoms with van der Waals surface area (Å²) >= 11 is 2.71. The summed E-state index contributed by atoms with van der Waals surface area (Å²) in [4.78, 5) is -1.58. The summed E-state index contributed by atoms with van der Waals surface area (Å²) in [6.45, 7) is 5.28.